The molecule has 0 spiro atoms. The fraction of sp³-hybridized carbons (Fsp3) is 0.455. The van der Waals surface area contributed by atoms with Crippen LogP contribution in [-0.4, -0.2) is 24.3 Å². The van der Waals surface area contributed by atoms with Crippen molar-refractivity contribution in [2.75, 3.05) is 6.61 Å². The van der Waals surface area contributed by atoms with Crippen LogP contribution in [-0.2, 0) is 14.3 Å². The van der Waals surface area contributed by atoms with Crippen LogP contribution in [0.1, 0.15) is 19.8 Å². The SMILES string of the molecule is CC1(OCCCC=O)C=CC(=O)C=C1. The first-order valence-corrected chi connectivity index (χ1v) is 4.66. The fourth-order valence-corrected chi connectivity index (χ4v) is 1.16. The zero-order valence-electron chi connectivity index (χ0n) is 8.23. The molecule has 14 heavy (non-hydrogen) atoms. The Kier molecular flexibility index (Phi) is 3.77. The quantitative estimate of drug-likeness (QED) is 0.491. The first kappa shape index (κ1) is 10.9. The van der Waals surface area contributed by atoms with Crippen LogP contribution in [0.2, 0.25) is 0 Å². The molecule has 0 fully saturated rings. The molecule has 0 aromatic heterocycles. The minimum Gasteiger partial charge on any atom is -0.367 e. The molecule has 1 rings (SSSR count). The number of carbonyl (C=O) groups excluding carboxylic acids is 2. The summed E-state index contributed by atoms with van der Waals surface area (Å²) in [7, 11) is 0. The Hall–Kier alpha value is -1.22. The fourth-order valence-electron chi connectivity index (χ4n) is 1.16. The molecule has 3 nitrogen and oxygen atoms in total. The lowest BCUT2D eigenvalue weighted by molar-refractivity contribution is -0.110. The van der Waals surface area contributed by atoms with Crippen molar-refractivity contribution in [1.29, 1.82) is 0 Å². The molecule has 0 radical (unpaired) electrons. The van der Waals surface area contributed by atoms with Gasteiger partial charge in [-0.3, -0.25) is 4.79 Å². The Morgan fingerprint density at radius 2 is 2.07 bits per heavy atom. The Balaban J connectivity index is 2.36. The number of ketones is 1. The highest BCUT2D eigenvalue weighted by atomic mass is 16.5. The van der Waals surface area contributed by atoms with E-state index >= 15 is 0 Å². The smallest absolute Gasteiger partial charge is 0.178 e. The van der Waals surface area contributed by atoms with Crippen LogP contribution in [0.4, 0.5) is 0 Å². The second-order valence-electron chi connectivity index (χ2n) is 3.41. The first-order chi connectivity index (χ1) is 6.66. The average molecular weight is 194 g/mol. The van der Waals surface area contributed by atoms with Crippen LogP contribution in [0.3, 0.4) is 0 Å². The van der Waals surface area contributed by atoms with Crippen molar-refractivity contribution in [3.05, 3.63) is 24.3 Å². The molecule has 0 N–H and O–H groups in total. The monoisotopic (exact) mass is 194 g/mol. The summed E-state index contributed by atoms with van der Waals surface area (Å²) in [4.78, 5) is 20.9. The molecule has 0 aromatic rings. The van der Waals surface area contributed by atoms with E-state index in [-0.39, 0.29) is 5.78 Å². The molecule has 0 amide bonds. The van der Waals surface area contributed by atoms with Gasteiger partial charge < -0.3 is 9.53 Å². The van der Waals surface area contributed by atoms with Gasteiger partial charge in [0.1, 0.15) is 11.9 Å². The highest BCUT2D eigenvalue weighted by Gasteiger charge is 2.20. The highest BCUT2D eigenvalue weighted by molar-refractivity contribution is 6.00. The Bertz CT molecular complexity index is 260. The molecular weight excluding hydrogens is 180 g/mol. The number of hydrogen-bond acceptors (Lipinski definition) is 3. The largest absolute Gasteiger partial charge is 0.367 e. The molecule has 0 aliphatic heterocycles. The number of carbonyl (C=O) groups is 2. The van der Waals surface area contributed by atoms with Gasteiger partial charge in [0.25, 0.3) is 0 Å². The van der Waals surface area contributed by atoms with E-state index in [1.807, 2.05) is 6.92 Å². The maximum atomic E-state index is 10.9. The first-order valence-electron chi connectivity index (χ1n) is 4.66. The van der Waals surface area contributed by atoms with Crippen molar-refractivity contribution in [3.8, 4) is 0 Å². The summed E-state index contributed by atoms with van der Waals surface area (Å²) in [6, 6.07) is 0. The van der Waals surface area contributed by atoms with Crippen LogP contribution in [0, 0.1) is 0 Å². The normalized spacial score (nSPS) is 18.5. The van der Waals surface area contributed by atoms with Crippen LogP contribution < -0.4 is 0 Å². The molecule has 0 aromatic carbocycles. The Labute approximate surface area is 83.4 Å². The van der Waals surface area contributed by atoms with Crippen molar-refractivity contribution in [2.24, 2.45) is 0 Å². The van der Waals surface area contributed by atoms with Crippen LogP contribution in [0.25, 0.3) is 0 Å². The lowest BCUT2D eigenvalue weighted by Crippen LogP contribution is -2.26. The summed E-state index contributed by atoms with van der Waals surface area (Å²) in [5, 5.41) is 0. The van der Waals surface area contributed by atoms with Gasteiger partial charge in [0, 0.05) is 13.0 Å². The molecule has 0 unspecified atom stereocenters. The lowest BCUT2D eigenvalue weighted by atomic mass is 10.00. The lowest BCUT2D eigenvalue weighted by Gasteiger charge is -2.24. The van der Waals surface area contributed by atoms with E-state index in [0.717, 1.165) is 6.29 Å². The molecule has 3 heteroatoms. The number of ether oxygens (including phenoxy) is 1. The van der Waals surface area contributed by atoms with Gasteiger partial charge in [0.05, 0.1) is 0 Å². The third-order valence-corrected chi connectivity index (χ3v) is 2.04. The highest BCUT2D eigenvalue weighted by Crippen LogP contribution is 2.18. The van der Waals surface area contributed by atoms with Crippen LogP contribution in [0.15, 0.2) is 24.3 Å². The third-order valence-electron chi connectivity index (χ3n) is 2.04. The van der Waals surface area contributed by atoms with Crippen LogP contribution in [0.5, 0.6) is 0 Å². The minimum absolute atomic E-state index is 0.0148. The predicted octanol–water partition coefficient (Wildman–Crippen LogP) is 1.44. The van der Waals surface area contributed by atoms with Crippen LogP contribution >= 0.6 is 0 Å². The van der Waals surface area contributed by atoms with Gasteiger partial charge in [-0.05, 0) is 37.6 Å². The van der Waals surface area contributed by atoms with Gasteiger partial charge in [0.15, 0.2) is 5.78 Å². The van der Waals surface area contributed by atoms with E-state index in [1.165, 1.54) is 12.2 Å². The summed E-state index contributed by atoms with van der Waals surface area (Å²) < 4.78 is 5.54. The zero-order valence-corrected chi connectivity index (χ0v) is 8.23. The number of rotatable bonds is 5. The molecule has 0 atom stereocenters. The van der Waals surface area contributed by atoms with E-state index < -0.39 is 5.60 Å². The number of unbranched alkanes of at least 4 members (excludes halogenated alkanes) is 1. The minimum atomic E-state index is -0.489. The predicted molar refractivity (Wildman–Crippen MR) is 52.9 cm³/mol. The van der Waals surface area contributed by atoms with Crippen molar-refractivity contribution in [2.45, 2.75) is 25.4 Å². The molecular formula is C11H14O3. The zero-order chi connectivity index (χ0) is 10.4. The van der Waals surface area contributed by atoms with Gasteiger partial charge in [-0.2, -0.15) is 0 Å². The Morgan fingerprint density at radius 3 is 2.64 bits per heavy atom. The second kappa shape index (κ2) is 4.86. The van der Waals surface area contributed by atoms with Gasteiger partial charge >= 0.3 is 0 Å². The summed E-state index contributed by atoms with van der Waals surface area (Å²) in [5.74, 6) is -0.0148. The molecule has 0 bridgehead atoms. The number of allylic oxidation sites excluding steroid dienone is 2. The second-order valence-corrected chi connectivity index (χ2v) is 3.41. The molecule has 1 aliphatic rings. The molecule has 0 saturated carbocycles. The molecule has 1 aliphatic carbocycles. The van der Waals surface area contributed by atoms with E-state index in [4.69, 9.17) is 4.74 Å². The van der Waals surface area contributed by atoms with Crippen molar-refractivity contribution >= 4 is 12.1 Å². The third kappa shape index (κ3) is 3.26. The van der Waals surface area contributed by atoms with E-state index in [1.54, 1.807) is 12.2 Å². The maximum absolute atomic E-state index is 10.9. The van der Waals surface area contributed by atoms with Gasteiger partial charge in [-0.15, -0.1) is 0 Å². The van der Waals surface area contributed by atoms with Gasteiger partial charge in [-0.25, -0.2) is 0 Å². The molecule has 0 heterocycles. The van der Waals surface area contributed by atoms with E-state index in [0.29, 0.717) is 19.4 Å². The average Bonchev–Trinajstić information content (AvgIpc) is 2.18. The molecule has 0 saturated heterocycles. The summed E-state index contributed by atoms with van der Waals surface area (Å²) in [6.07, 6.45) is 8.57. The standard InChI is InChI=1S/C11H14O3/c1-11(14-9-3-2-8-12)6-4-10(13)5-7-11/h4-8H,2-3,9H2,1H3. The topological polar surface area (TPSA) is 43.4 Å². The van der Waals surface area contributed by atoms with Crippen molar-refractivity contribution in [3.63, 3.8) is 0 Å². The van der Waals surface area contributed by atoms with Gasteiger partial charge in [0.2, 0.25) is 0 Å². The van der Waals surface area contributed by atoms with E-state index in [2.05, 4.69) is 0 Å². The van der Waals surface area contributed by atoms with E-state index in [9.17, 15) is 9.59 Å². The maximum Gasteiger partial charge on any atom is 0.178 e. The number of aldehydes is 1. The van der Waals surface area contributed by atoms with Crippen molar-refractivity contribution < 1.29 is 14.3 Å². The Morgan fingerprint density at radius 1 is 1.43 bits per heavy atom. The number of hydrogen-bond donors (Lipinski definition) is 0. The molecule has 76 valence electrons. The van der Waals surface area contributed by atoms with Crippen molar-refractivity contribution in [1.82, 2.24) is 0 Å². The van der Waals surface area contributed by atoms with Gasteiger partial charge in [-0.1, -0.05) is 0 Å². The summed E-state index contributed by atoms with van der Waals surface area (Å²) in [5.41, 5.74) is -0.489. The summed E-state index contributed by atoms with van der Waals surface area (Å²) >= 11 is 0. The summed E-state index contributed by atoms with van der Waals surface area (Å²) in [6.45, 7) is 2.41.